The Balaban J connectivity index is 1.84. The molecule has 0 unspecified atom stereocenters. The second-order valence-electron chi connectivity index (χ2n) is 4.88. The summed E-state index contributed by atoms with van der Waals surface area (Å²) in [5.74, 6) is 0.659. The molecule has 5 heteroatoms. The van der Waals surface area contributed by atoms with E-state index in [2.05, 4.69) is 10.1 Å². The molecule has 0 atom stereocenters. The number of hydrogen-bond donors (Lipinski definition) is 2. The van der Waals surface area contributed by atoms with Crippen molar-refractivity contribution in [3.63, 3.8) is 0 Å². The van der Waals surface area contributed by atoms with Gasteiger partial charge in [0.1, 0.15) is 11.5 Å². The number of hydrogen-bond acceptors (Lipinski definition) is 5. The molecule has 21 heavy (non-hydrogen) atoms. The number of aryl methyl sites for hydroxylation is 1. The molecule has 1 aromatic heterocycles. The summed E-state index contributed by atoms with van der Waals surface area (Å²) in [6.07, 6.45) is 0.558. The molecule has 0 fully saturated rings. The van der Waals surface area contributed by atoms with Gasteiger partial charge in [0.2, 0.25) is 0 Å². The zero-order valence-electron chi connectivity index (χ0n) is 11.4. The highest BCUT2D eigenvalue weighted by Gasteiger charge is 2.13. The van der Waals surface area contributed by atoms with E-state index >= 15 is 0 Å². The minimum atomic E-state index is -0.0967. The topological polar surface area (TPSA) is 79.4 Å². The van der Waals surface area contributed by atoms with Gasteiger partial charge in [-0.15, -0.1) is 0 Å². The fraction of sp³-hybridized carbons (Fsp3) is 0.125. The Morgan fingerprint density at radius 1 is 1.05 bits per heavy atom. The number of nitrogens with zero attached hydrogens (tertiary/aromatic N) is 2. The molecule has 3 rings (SSSR count). The summed E-state index contributed by atoms with van der Waals surface area (Å²) < 4.78 is 5.16. The minimum Gasteiger partial charge on any atom is -0.508 e. The largest absolute Gasteiger partial charge is 0.508 e. The van der Waals surface area contributed by atoms with Crippen molar-refractivity contribution in [2.75, 3.05) is 0 Å². The van der Waals surface area contributed by atoms with Crippen molar-refractivity contribution >= 4 is 0 Å². The van der Waals surface area contributed by atoms with Gasteiger partial charge in [-0.05, 0) is 24.6 Å². The van der Waals surface area contributed by atoms with E-state index in [0.717, 1.165) is 5.56 Å². The van der Waals surface area contributed by atoms with Crippen molar-refractivity contribution < 1.29 is 14.7 Å². The molecule has 0 saturated heterocycles. The maximum absolute atomic E-state index is 9.79. The van der Waals surface area contributed by atoms with Gasteiger partial charge in [-0.25, -0.2) is 0 Å². The molecule has 0 aliphatic rings. The zero-order valence-corrected chi connectivity index (χ0v) is 11.4. The summed E-state index contributed by atoms with van der Waals surface area (Å²) in [7, 11) is 0. The lowest BCUT2D eigenvalue weighted by Crippen LogP contribution is -1.90. The summed E-state index contributed by atoms with van der Waals surface area (Å²) in [6, 6.07) is 12.3. The average Bonchev–Trinajstić information content (AvgIpc) is 2.90. The van der Waals surface area contributed by atoms with Crippen LogP contribution in [-0.4, -0.2) is 20.4 Å². The van der Waals surface area contributed by atoms with Gasteiger partial charge in [0.05, 0.1) is 5.56 Å². The monoisotopic (exact) mass is 282 g/mol. The molecule has 106 valence electrons. The maximum atomic E-state index is 9.79. The van der Waals surface area contributed by atoms with Crippen LogP contribution >= 0.6 is 0 Å². The molecule has 2 N–H and O–H groups in total. The predicted molar refractivity (Wildman–Crippen MR) is 77.0 cm³/mol. The van der Waals surface area contributed by atoms with Crippen molar-refractivity contribution in [3.8, 4) is 23.0 Å². The van der Waals surface area contributed by atoms with Crippen LogP contribution in [0.15, 0.2) is 47.0 Å². The number of phenolic OH excluding ortho intramolecular Hbond substituents is 2. The van der Waals surface area contributed by atoms with Crippen molar-refractivity contribution in [2.24, 2.45) is 0 Å². The van der Waals surface area contributed by atoms with Gasteiger partial charge in [-0.3, -0.25) is 0 Å². The van der Waals surface area contributed by atoms with Crippen molar-refractivity contribution in [2.45, 2.75) is 13.3 Å². The van der Waals surface area contributed by atoms with Crippen LogP contribution in [0.1, 0.15) is 17.0 Å². The van der Waals surface area contributed by atoms with E-state index in [0.29, 0.717) is 17.8 Å². The van der Waals surface area contributed by atoms with E-state index in [-0.39, 0.29) is 17.4 Å². The van der Waals surface area contributed by atoms with Gasteiger partial charge in [0.15, 0.2) is 5.82 Å². The Bertz CT molecular complexity index is 763. The van der Waals surface area contributed by atoms with Gasteiger partial charge < -0.3 is 14.7 Å². The molecular formula is C16H14N2O3. The number of aromatic nitrogens is 2. The molecular weight excluding hydrogens is 268 g/mol. The molecule has 0 aliphatic heterocycles. The van der Waals surface area contributed by atoms with Gasteiger partial charge in [-0.1, -0.05) is 35.0 Å². The van der Waals surface area contributed by atoms with E-state index < -0.39 is 0 Å². The third kappa shape index (κ3) is 2.86. The van der Waals surface area contributed by atoms with Gasteiger partial charge in [0.25, 0.3) is 5.89 Å². The lowest BCUT2D eigenvalue weighted by Gasteiger charge is -1.99. The molecule has 5 nitrogen and oxygen atoms in total. The molecule has 0 aliphatic carbocycles. The molecule has 0 amide bonds. The summed E-state index contributed by atoms with van der Waals surface area (Å²) >= 11 is 0. The quantitative estimate of drug-likeness (QED) is 0.771. The van der Waals surface area contributed by atoms with E-state index in [1.54, 1.807) is 0 Å². The Kier molecular flexibility index (Phi) is 3.31. The molecule has 1 heterocycles. The first kappa shape index (κ1) is 13.2. The molecule has 2 aromatic carbocycles. The minimum absolute atomic E-state index is 0.0179. The number of rotatable bonds is 3. The summed E-state index contributed by atoms with van der Waals surface area (Å²) in [5, 5.41) is 23.0. The highest BCUT2D eigenvalue weighted by atomic mass is 16.5. The lowest BCUT2D eigenvalue weighted by atomic mass is 10.1. The van der Waals surface area contributed by atoms with E-state index in [1.807, 2.05) is 31.2 Å². The standard InChI is InChI=1S/C16H14N2O3/c1-10-2-4-11(5-3-10)8-15-17-16(21-18-15)13-7-6-12(19)9-14(13)20/h2-7,9,19-20H,8H2,1H3. The molecule has 3 aromatic rings. The van der Waals surface area contributed by atoms with E-state index in [4.69, 9.17) is 4.52 Å². The van der Waals surface area contributed by atoms with E-state index in [9.17, 15) is 10.2 Å². The van der Waals surface area contributed by atoms with Gasteiger partial charge in [0, 0.05) is 12.5 Å². The second-order valence-corrected chi connectivity index (χ2v) is 4.88. The van der Waals surface area contributed by atoms with Crippen molar-refractivity contribution in [3.05, 3.63) is 59.4 Å². The lowest BCUT2D eigenvalue weighted by molar-refractivity contribution is 0.417. The summed E-state index contributed by atoms with van der Waals surface area (Å²) in [6.45, 7) is 2.03. The van der Waals surface area contributed by atoms with Crippen molar-refractivity contribution in [1.82, 2.24) is 10.1 Å². The van der Waals surface area contributed by atoms with Gasteiger partial charge in [-0.2, -0.15) is 4.98 Å². The molecule has 0 bridgehead atoms. The molecule has 0 spiro atoms. The average molecular weight is 282 g/mol. The van der Waals surface area contributed by atoms with Gasteiger partial charge >= 0.3 is 0 Å². The Morgan fingerprint density at radius 2 is 1.81 bits per heavy atom. The van der Waals surface area contributed by atoms with Crippen LogP contribution in [0.5, 0.6) is 11.5 Å². The summed E-state index contributed by atoms with van der Waals surface area (Å²) in [5.41, 5.74) is 2.68. The Hall–Kier alpha value is -2.82. The van der Waals surface area contributed by atoms with Crippen molar-refractivity contribution in [1.29, 1.82) is 0 Å². The van der Waals surface area contributed by atoms with E-state index in [1.165, 1.54) is 23.8 Å². The van der Waals surface area contributed by atoms with Crippen LogP contribution in [0.2, 0.25) is 0 Å². The predicted octanol–water partition coefficient (Wildman–Crippen LogP) is 3.05. The first-order valence-corrected chi connectivity index (χ1v) is 6.52. The summed E-state index contributed by atoms with van der Waals surface area (Å²) in [4.78, 5) is 4.27. The van der Waals surface area contributed by atoms with Crippen LogP contribution in [0.3, 0.4) is 0 Å². The SMILES string of the molecule is Cc1ccc(Cc2noc(-c3ccc(O)cc3O)n2)cc1. The Morgan fingerprint density at radius 3 is 2.52 bits per heavy atom. The third-order valence-corrected chi connectivity index (χ3v) is 3.16. The molecule has 0 radical (unpaired) electrons. The van der Waals surface area contributed by atoms with Crippen LogP contribution in [0.25, 0.3) is 11.5 Å². The fourth-order valence-corrected chi connectivity index (χ4v) is 2.02. The fourth-order valence-electron chi connectivity index (χ4n) is 2.02. The maximum Gasteiger partial charge on any atom is 0.261 e. The van der Waals surface area contributed by atoms with Crippen LogP contribution in [0.4, 0.5) is 0 Å². The third-order valence-electron chi connectivity index (χ3n) is 3.16. The highest BCUT2D eigenvalue weighted by molar-refractivity contribution is 5.63. The first-order valence-electron chi connectivity index (χ1n) is 6.52. The Labute approximate surface area is 121 Å². The van der Waals surface area contributed by atoms with Crippen LogP contribution < -0.4 is 0 Å². The number of benzene rings is 2. The van der Waals surface area contributed by atoms with Crippen LogP contribution in [-0.2, 0) is 6.42 Å². The molecule has 0 saturated carbocycles. The smallest absolute Gasteiger partial charge is 0.261 e. The normalized spacial score (nSPS) is 10.7. The first-order chi connectivity index (χ1) is 10.1. The highest BCUT2D eigenvalue weighted by Crippen LogP contribution is 2.30. The zero-order chi connectivity index (χ0) is 14.8. The van der Waals surface area contributed by atoms with Crippen LogP contribution in [0, 0.1) is 6.92 Å². The number of aromatic hydroxyl groups is 2. The second kappa shape index (κ2) is 5.28. The number of phenols is 2.